The second-order valence-electron chi connectivity index (χ2n) is 2.75. The van der Waals surface area contributed by atoms with Gasteiger partial charge in [-0.2, -0.15) is 0 Å². The maximum atomic E-state index is 12.1. The molecule has 13 heavy (non-hydrogen) atoms. The summed E-state index contributed by atoms with van der Waals surface area (Å²) < 4.78 is 12.1. The van der Waals surface area contributed by atoms with Gasteiger partial charge in [-0.15, -0.1) is 0 Å². The molecule has 4 N–H and O–H groups in total. The van der Waals surface area contributed by atoms with Crippen LogP contribution in [0.3, 0.4) is 0 Å². The molecule has 0 aliphatic carbocycles. The Morgan fingerprint density at radius 1 is 1.62 bits per heavy atom. The SMILES string of the molecule is CC(N)C(=O)NC(CF)CC(=O)O. The quantitative estimate of drug-likeness (QED) is 0.535. The number of aliphatic carboxylic acids is 1. The Labute approximate surface area is 75.1 Å². The highest BCUT2D eigenvalue weighted by atomic mass is 19.1. The van der Waals surface area contributed by atoms with Crippen molar-refractivity contribution in [3.8, 4) is 0 Å². The number of carbonyl (C=O) groups excluding carboxylic acids is 1. The Bertz CT molecular complexity index is 196. The number of rotatable bonds is 5. The highest BCUT2D eigenvalue weighted by Gasteiger charge is 2.17. The molecule has 76 valence electrons. The van der Waals surface area contributed by atoms with Gasteiger partial charge in [0.05, 0.1) is 18.5 Å². The molecule has 5 nitrogen and oxygen atoms in total. The number of alkyl halides is 1. The molecule has 0 heterocycles. The molecule has 0 saturated heterocycles. The third-order valence-electron chi connectivity index (χ3n) is 1.37. The van der Waals surface area contributed by atoms with E-state index in [1.165, 1.54) is 6.92 Å². The highest BCUT2D eigenvalue weighted by Crippen LogP contribution is 1.94. The summed E-state index contributed by atoms with van der Waals surface area (Å²) >= 11 is 0. The topological polar surface area (TPSA) is 92.4 Å². The first kappa shape index (κ1) is 11.8. The van der Waals surface area contributed by atoms with E-state index in [9.17, 15) is 14.0 Å². The molecule has 2 unspecified atom stereocenters. The molecule has 0 saturated carbocycles. The van der Waals surface area contributed by atoms with Gasteiger partial charge in [-0.1, -0.05) is 0 Å². The maximum Gasteiger partial charge on any atom is 0.305 e. The van der Waals surface area contributed by atoms with Crippen LogP contribution in [-0.4, -0.2) is 35.7 Å². The average molecular weight is 192 g/mol. The molecule has 6 heteroatoms. The van der Waals surface area contributed by atoms with Crippen LogP contribution in [0.25, 0.3) is 0 Å². The predicted octanol–water partition coefficient (Wildman–Crippen LogP) is -0.737. The molecule has 0 aromatic rings. The third kappa shape index (κ3) is 5.13. The van der Waals surface area contributed by atoms with Gasteiger partial charge in [0.1, 0.15) is 6.67 Å². The zero-order chi connectivity index (χ0) is 10.4. The van der Waals surface area contributed by atoms with Gasteiger partial charge in [0.25, 0.3) is 0 Å². The summed E-state index contributed by atoms with van der Waals surface area (Å²) in [6.45, 7) is 0.524. The minimum Gasteiger partial charge on any atom is -0.481 e. The van der Waals surface area contributed by atoms with E-state index >= 15 is 0 Å². The minimum absolute atomic E-state index is 0.436. The molecule has 0 radical (unpaired) electrons. The largest absolute Gasteiger partial charge is 0.481 e. The Kier molecular flexibility index (Phi) is 4.98. The number of halogens is 1. The van der Waals surface area contributed by atoms with E-state index in [4.69, 9.17) is 10.8 Å². The van der Waals surface area contributed by atoms with Gasteiger partial charge in [-0.3, -0.25) is 9.59 Å². The van der Waals surface area contributed by atoms with E-state index in [2.05, 4.69) is 5.32 Å². The van der Waals surface area contributed by atoms with Crippen molar-refractivity contribution in [3.63, 3.8) is 0 Å². The number of carbonyl (C=O) groups is 2. The molecule has 0 spiro atoms. The normalized spacial score (nSPS) is 14.7. The summed E-state index contributed by atoms with van der Waals surface area (Å²) in [5, 5.41) is 10.5. The molecular weight excluding hydrogens is 179 g/mol. The second-order valence-corrected chi connectivity index (χ2v) is 2.75. The van der Waals surface area contributed by atoms with Gasteiger partial charge in [0.15, 0.2) is 0 Å². The number of carboxylic acid groups (broad SMARTS) is 1. The Hall–Kier alpha value is -1.17. The lowest BCUT2D eigenvalue weighted by molar-refractivity contribution is -0.137. The van der Waals surface area contributed by atoms with Crippen molar-refractivity contribution in [2.45, 2.75) is 25.4 Å². The van der Waals surface area contributed by atoms with Crippen LogP contribution in [0.1, 0.15) is 13.3 Å². The number of carboxylic acids is 1. The van der Waals surface area contributed by atoms with Crippen molar-refractivity contribution in [1.82, 2.24) is 5.32 Å². The molecule has 0 rings (SSSR count). The number of nitrogens with one attached hydrogen (secondary N) is 1. The average Bonchev–Trinajstić information content (AvgIpc) is 2.02. The summed E-state index contributed by atoms with van der Waals surface area (Å²) in [5.74, 6) is -1.71. The van der Waals surface area contributed by atoms with Crippen molar-refractivity contribution in [2.75, 3.05) is 6.67 Å². The summed E-state index contributed by atoms with van der Waals surface area (Å²) in [6, 6.07) is -1.75. The molecule has 0 aliphatic heterocycles. The molecule has 0 aliphatic rings. The Morgan fingerprint density at radius 3 is 2.46 bits per heavy atom. The summed E-state index contributed by atoms with van der Waals surface area (Å²) in [4.78, 5) is 21.1. The first-order valence-electron chi connectivity index (χ1n) is 3.81. The molecule has 1 amide bonds. The summed E-state index contributed by atoms with van der Waals surface area (Å²) in [7, 11) is 0. The zero-order valence-electron chi connectivity index (χ0n) is 7.29. The van der Waals surface area contributed by atoms with E-state index < -0.39 is 37.1 Å². The molecule has 0 fully saturated rings. The van der Waals surface area contributed by atoms with Crippen molar-refractivity contribution >= 4 is 11.9 Å². The minimum atomic E-state index is -1.16. The van der Waals surface area contributed by atoms with E-state index in [0.717, 1.165) is 0 Å². The van der Waals surface area contributed by atoms with Gasteiger partial charge < -0.3 is 16.2 Å². The standard InChI is InChI=1S/C7H13FN2O3/c1-4(9)7(13)10-5(3-8)2-6(11)12/h4-5H,2-3,9H2,1H3,(H,10,13)(H,11,12). The second kappa shape index (κ2) is 5.47. The molecule has 0 aromatic heterocycles. The third-order valence-corrected chi connectivity index (χ3v) is 1.37. The fraction of sp³-hybridized carbons (Fsp3) is 0.714. The van der Waals surface area contributed by atoms with Crippen LogP contribution < -0.4 is 11.1 Å². The van der Waals surface area contributed by atoms with Crippen LogP contribution in [0.15, 0.2) is 0 Å². The molecule has 2 atom stereocenters. The lowest BCUT2D eigenvalue weighted by atomic mass is 10.2. The number of amides is 1. The van der Waals surface area contributed by atoms with Crippen LogP contribution in [0.5, 0.6) is 0 Å². The van der Waals surface area contributed by atoms with Gasteiger partial charge in [0, 0.05) is 0 Å². The van der Waals surface area contributed by atoms with Crippen molar-refractivity contribution in [3.05, 3.63) is 0 Å². The van der Waals surface area contributed by atoms with Crippen LogP contribution in [-0.2, 0) is 9.59 Å². The van der Waals surface area contributed by atoms with Crippen molar-refractivity contribution in [1.29, 1.82) is 0 Å². The van der Waals surface area contributed by atoms with E-state index in [-0.39, 0.29) is 0 Å². The lowest BCUT2D eigenvalue weighted by Gasteiger charge is -2.14. The fourth-order valence-corrected chi connectivity index (χ4v) is 0.688. The van der Waals surface area contributed by atoms with Crippen molar-refractivity contribution in [2.24, 2.45) is 5.73 Å². The van der Waals surface area contributed by atoms with Crippen molar-refractivity contribution < 1.29 is 19.1 Å². The summed E-state index contributed by atoms with van der Waals surface area (Å²) in [6.07, 6.45) is -0.436. The van der Waals surface area contributed by atoms with Crippen LogP contribution in [0, 0.1) is 0 Å². The Balaban J connectivity index is 3.97. The van der Waals surface area contributed by atoms with Crippen LogP contribution in [0.2, 0.25) is 0 Å². The first-order chi connectivity index (χ1) is 5.97. The van der Waals surface area contributed by atoms with Crippen LogP contribution >= 0.6 is 0 Å². The van der Waals surface area contributed by atoms with Gasteiger partial charge >= 0.3 is 5.97 Å². The van der Waals surface area contributed by atoms with Gasteiger partial charge in [-0.05, 0) is 6.92 Å². The first-order valence-corrected chi connectivity index (χ1v) is 3.81. The summed E-state index contributed by atoms with van der Waals surface area (Å²) in [5.41, 5.74) is 5.19. The predicted molar refractivity (Wildman–Crippen MR) is 43.8 cm³/mol. The highest BCUT2D eigenvalue weighted by molar-refractivity contribution is 5.81. The van der Waals surface area contributed by atoms with E-state index in [1.54, 1.807) is 0 Å². The molecule has 0 bridgehead atoms. The smallest absolute Gasteiger partial charge is 0.305 e. The van der Waals surface area contributed by atoms with E-state index in [0.29, 0.717) is 0 Å². The van der Waals surface area contributed by atoms with Gasteiger partial charge in [-0.25, -0.2) is 4.39 Å². The van der Waals surface area contributed by atoms with Gasteiger partial charge in [0.2, 0.25) is 5.91 Å². The number of hydrogen-bond acceptors (Lipinski definition) is 3. The number of hydrogen-bond donors (Lipinski definition) is 3. The molecule has 0 aromatic carbocycles. The monoisotopic (exact) mass is 192 g/mol. The molecular formula is C7H13FN2O3. The zero-order valence-corrected chi connectivity index (χ0v) is 7.29. The fourth-order valence-electron chi connectivity index (χ4n) is 0.688. The Morgan fingerprint density at radius 2 is 2.15 bits per heavy atom. The van der Waals surface area contributed by atoms with Crippen LogP contribution in [0.4, 0.5) is 4.39 Å². The lowest BCUT2D eigenvalue weighted by Crippen LogP contribution is -2.45. The number of nitrogens with two attached hydrogens (primary N) is 1. The maximum absolute atomic E-state index is 12.1. The van der Waals surface area contributed by atoms with E-state index in [1.807, 2.05) is 0 Å².